The van der Waals surface area contributed by atoms with Crippen LogP contribution in [0.2, 0.25) is 5.02 Å². The average Bonchev–Trinajstić information content (AvgIpc) is 2.93. The monoisotopic (exact) mass is 297 g/mol. The van der Waals surface area contributed by atoms with Crippen LogP contribution < -0.4 is 5.32 Å². The Labute approximate surface area is 119 Å². The van der Waals surface area contributed by atoms with Crippen molar-refractivity contribution in [2.24, 2.45) is 0 Å². The van der Waals surface area contributed by atoms with Gasteiger partial charge in [0, 0.05) is 11.8 Å². The van der Waals surface area contributed by atoms with Crippen molar-refractivity contribution in [2.75, 3.05) is 6.26 Å². The van der Waals surface area contributed by atoms with E-state index in [0.29, 0.717) is 5.16 Å². The molecule has 1 unspecified atom stereocenters. The molecule has 0 radical (unpaired) electrons. The number of amides is 1. The molecule has 0 aliphatic rings. The lowest BCUT2D eigenvalue weighted by molar-refractivity contribution is 0.0934. The molecule has 0 aliphatic carbocycles. The molecular weight excluding hydrogens is 286 g/mol. The Morgan fingerprint density at radius 2 is 2.32 bits per heavy atom. The normalized spacial score (nSPS) is 12.2. The van der Waals surface area contributed by atoms with Gasteiger partial charge in [-0.05, 0) is 13.2 Å². The number of nitrogens with one attached hydrogen (secondary N) is 2. The smallest absolute Gasteiger partial charge is 0.272 e. The van der Waals surface area contributed by atoms with Gasteiger partial charge in [0.25, 0.3) is 5.91 Å². The summed E-state index contributed by atoms with van der Waals surface area (Å²) < 4.78 is 0. The summed E-state index contributed by atoms with van der Waals surface area (Å²) in [7, 11) is 0. The number of thioether (sulfide) groups is 1. The Morgan fingerprint density at radius 3 is 2.95 bits per heavy atom. The van der Waals surface area contributed by atoms with Gasteiger partial charge in [-0.15, -0.1) is 0 Å². The number of hydrogen-bond acceptors (Lipinski definition) is 5. The lowest BCUT2D eigenvalue weighted by atomic mass is 10.2. The lowest BCUT2D eigenvalue weighted by Crippen LogP contribution is -2.27. The molecule has 2 rings (SSSR count). The summed E-state index contributed by atoms with van der Waals surface area (Å²) in [6.07, 6.45) is 6.64. The third-order valence-corrected chi connectivity index (χ3v) is 3.33. The zero-order valence-electron chi connectivity index (χ0n) is 10.3. The van der Waals surface area contributed by atoms with Crippen molar-refractivity contribution in [3.8, 4) is 0 Å². The molecule has 0 bridgehead atoms. The number of carbonyl (C=O) groups excluding carboxylic acids is 1. The third-order valence-electron chi connectivity index (χ3n) is 2.49. The molecular formula is C11H12ClN5OS. The number of aromatic nitrogens is 4. The van der Waals surface area contributed by atoms with E-state index in [-0.39, 0.29) is 22.7 Å². The molecule has 0 saturated heterocycles. The number of rotatable bonds is 4. The number of nitrogens with zero attached hydrogens (tertiary/aromatic N) is 3. The van der Waals surface area contributed by atoms with Crippen LogP contribution in [0.15, 0.2) is 23.7 Å². The molecule has 1 amide bonds. The molecule has 0 aromatic carbocycles. The number of aromatic amines is 1. The standard InChI is InChI=1S/C11H12ClN5OS/c1-6(7-3-14-15-4-7)16-10(18)9-8(12)5-13-11(17-9)19-2/h3-6H,1-2H3,(H,14,15)(H,16,18). The highest BCUT2D eigenvalue weighted by Gasteiger charge is 2.17. The zero-order chi connectivity index (χ0) is 13.8. The fourth-order valence-electron chi connectivity index (χ4n) is 1.45. The summed E-state index contributed by atoms with van der Waals surface area (Å²) in [5.41, 5.74) is 1.06. The predicted octanol–water partition coefficient (Wildman–Crippen LogP) is 2.07. The van der Waals surface area contributed by atoms with E-state index in [1.807, 2.05) is 13.2 Å². The van der Waals surface area contributed by atoms with Crippen LogP contribution in [0.1, 0.15) is 29.0 Å². The Bertz CT molecular complexity index is 574. The van der Waals surface area contributed by atoms with Crippen molar-refractivity contribution < 1.29 is 4.79 Å². The van der Waals surface area contributed by atoms with Gasteiger partial charge in [0.1, 0.15) is 0 Å². The Balaban J connectivity index is 2.16. The van der Waals surface area contributed by atoms with Crippen molar-refractivity contribution in [1.82, 2.24) is 25.5 Å². The van der Waals surface area contributed by atoms with Crippen molar-refractivity contribution in [1.29, 1.82) is 0 Å². The van der Waals surface area contributed by atoms with E-state index in [2.05, 4.69) is 25.5 Å². The van der Waals surface area contributed by atoms with Gasteiger partial charge < -0.3 is 5.32 Å². The van der Waals surface area contributed by atoms with Crippen molar-refractivity contribution >= 4 is 29.3 Å². The second kappa shape index (κ2) is 6.03. The molecule has 2 aromatic rings. The van der Waals surface area contributed by atoms with Gasteiger partial charge in [0.05, 0.1) is 23.5 Å². The van der Waals surface area contributed by atoms with Gasteiger partial charge >= 0.3 is 0 Å². The highest BCUT2D eigenvalue weighted by atomic mass is 35.5. The van der Waals surface area contributed by atoms with E-state index in [4.69, 9.17) is 11.6 Å². The molecule has 0 aliphatic heterocycles. The molecule has 2 aromatic heterocycles. The van der Waals surface area contributed by atoms with Gasteiger partial charge in [0.2, 0.25) is 0 Å². The Kier molecular flexibility index (Phi) is 4.39. The average molecular weight is 298 g/mol. The second-order valence-corrected chi connectivity index (χ2v) is 4.96. The van der Waals surface area contributed by atoms with Crippen LogP contribution in [0.5, 0.6) is 0 Å². The quantitative estimate of drug-likeness (QED) is 0.667. The van der Waals surface area contributed by atoms with Crippen molar-refractivity contribution in [2.45, 2.75) is 18.1 Å². The van der Waals surface area contributed by atoms with E-state index in [9.17, 15) is 4.79 Å². The molecule has 0 spiro atoms. The maximum absolute atomic E-state index is 12.1. The van der Waals surface area contributed by atoms with Crippen LogP contribution in [-0.4, -0.2) is 32.3 Å². The first-order valence-corrected chi connectivity index (χ1v) is 7.08. The largest absolute Gasteiger partial charge is 0.344 e. The lowest BCUT2D eigenvalue weighted by Gasteiger charge is -2.12. The summed E-state index contributed by atoms with van der Waals surface area (Å²) in [5, 5.41) is 10.1. The molecule has 2 N–H and O–H groups in total. The topological polar surface area (TPSA) is 83.6 Å². The molecule has 2 heterocycles. The van der Waals surface area contributed by atoms with Crippen molar-refractivity contribution in [3.63, 3.8) is 0 Å². The van der Waals surface area contributed by atoms with Gasteiger partial charge in [-0.2, -0.15) is 5.10 Å². The van der Waals surface area contributed by atoms with Gasteiger partial charge in [-0.1, -0.05) is 23.4 Å². The highest BCUT2D eigenvalue weighted by molar-refractivity contribution is 7.98. The van der Waals surface area contributed by atoms with E-state index in [0.717, 1.165) is 5.56 Å². The van der Waals surface area contributed by atoms with E-state index < -0.39 is 0 Å². The van der Waals surface area contributed by atoms with E-state index in [1.54, 1.807) is 12.4 Å². The van der Waals surface area contributed by atoms with Gasteiger partial charge in [-0.3, -0.25) is 9.89 Å². The first-order valence-electron chi connectivity index (χ1n) is 5.48. The molecule has 100 valence electrons. The molecule has 19 heavy (non-hydrogen) atoms. The number of hydrogen-bond donors (Lipinski definition) is 2. The van der Waals surface area contributed by atoms with E-state index >= 15 is 0 Å². The summed E-state index contributed by atoms with van der Waals surface area (Å²) in [6, 6.07) is -0.185. The van der Waals surface area contributed by atoms with Crippen LogP contribution in [0.25, 0.3) is 0 Å². The first-order chi connectivity index (χ1) is 9.11. The molecule has 0 saturated carbocycles. The maximum Gasteiger partial charge on any atom is 0.272 e. The fraction of sp³-hybridized carbons (Fsp3) is 0.273. The zero-order valence-corrected chi connectivity index (χ0v) is 11.9. The van der Waals surface area contributed by atoms with E-state index in [1.165, 1.54) is 18.0 Å². The summed E-state index contributed by atoms with van der Waals surface area (Å²) in [4.78, 5) is 20.2. The number of carbonyl (C=O) groups is 1. The van der Waals surface area contributed by atoms with Crippen molar-refractivity contribution in [3.05, 3.63) is 34.9 Å². The third kappa shape index (κ3) is 3.24. The number of halogens is 1. The molecule has 8 heteroatoms. The fourth-order valence-corrected chi connectivity index (χ4v) is 1.97. The predicted molar refractivity (Wildman–Crippen MR) is 73.3 cm³/mol. The summed E-state index contributed by atoms with van der Waals surface area (Å²) in [6.45, 7) is 1.85. The minimum Gasteiger partial charge on any atom is -0.344 e. The maximum atomic E-state index is 12.1. The first kappa shape index (κ1) is 13.8. The van der Waals surface area contributed by atoms with Gasteiger partial charge in [0.15, 0.2) is 10.9 Å². The second-order valence-electron chi connectivity index (χ2n) is 3.78. The van der Waals surface area contributed by atoms with Crippen LogP contribution in [-0.2, 0) is 0 Å². The molecule has 1 atom stereocenters. The van der Waals surface area contributed by atoms with Crippen LogP contribution in [0.3, 0.4) is 0 Å². The number of H-pyrrole nitrogens is 1. The minimum absolute atomic E-state index is 0.177. The Morgan fingerprint density at radius 1 is 1.53 bits per heavy atom. The Hall–Kier alpha value is -1.60. The highest BCUT2D eigenvalue weighted by Crippen LogP contribution is 2.18. The van der Waals surface area contributed by atoms with Crippen LogP contribution >= 0.6 is 23.4 Å². The summed E-state index contributed by atoms with van der Waals surface area (Å²) >= 11 is 7.29. The summed E-state index contributed by atoms with van der Waals surface area (Å²) in [5.74, 6) is -0.337. The SMILES string of the molecule is CSc1ncc(Cl)c(C(=O)NC(C)c2cn[nH]c2)n1. The minimum atomic E-state index is -0.337. The molecule has 6 nitrogen and oxygen atoms in total. The van der Waals surface area contributed by atoms with Crippen LogP contribution in [0.4, 0.5) is 0 Å². The van der Waals surface area contributed by atoms with Crippen LogP contribution in [0, 0.1) is 0 Å². The molecule has 0 fully saturated rings. The van der Waals surface area contributed by atoms with Gasteiger partial charge in [-0.25, -0.2) is 9.97 Å².